The van der Waals surface area contributed by atoms with Crippen LogP contribution in [0.3, 0.4) is 0 Å². The van der Waals surface area contributed by atoms with E-state index in [2.05, 4.69) is 39.0 Å². The second-order valence-corrected chi connectivity index (χ2v) is 13.0. The van der Waals surface area contributed by atoms with Crippen LogP contribution in [-0.2, 0) is 19.1 Å². The Bertz CT molecular complexity index is 757. The fourth-order valence-corrected chi connectivity index (χ4v) is 5.10. The van der Waals surface area contributed by atoms with Gasteiger partial charge in [-0.1, -0.05) is 154 Å². The maximum atomic E-state index is 12.1. The van der Waals surface area contributed by atoms with E-state index in [1.165, 1.54) is 89.9 Å². The second-order valence-electron chi connectivity index (χ2n) is 13.0. The summed E-state index contributed by atoms with van der Waals surface area (Å²) in [7, 11) is 0. The highest BCUT2D eigenvalue weighted by Crippen LogP contribution is 2.14. The fourth-order valence-electron chi connectivity index (χ4n) is 5.10. The van der Waals surface area contributed by atoms with E-state index in [1.54, 1.807) is 6.08 Å². The molecule has 0 aromatic heterocycles. The van der Waals surface area contributed by atoms with Gasteiger partial charge < -0.3 is 19.7 Å². The van der Waals surface area contributed by atoms with Crippen LogP contribution in [0, 0.1) is 5.92 Å². The van der Waals surface area contributed by atoms with E-state index in [9.17, 15) is 19.8 Å². The van der Waals surface area contributed by atoms with Crippen molar-refractivity contribution in [1.82, 2.24) is 0 Å². The van der Waals surface area contributed by atoms with Crippen LogP contribution in [0.1, 0.15) is 168 Å². The summed E-state index contributed by atoms with van der Waals surface area (Å²) >= 11 is 0. The summed E-state index contributed by atoms with van der Waals surface area (Å²) in [4.78, 5) is 24.2. The Labute approximate surface area is 277 Å². The molecule has 2 atom stereocenters. The summed E-state index contributed by atoms with van der Waals surface area (Å²) < 4.78 is 10.5. The van der Waals surface area contributed by atoms with Gasteiger partial charge in [0.2, 0.25) is 0 Å². The first kappa shape index (κ1) is 43.1. The first-order valence-electron chi connectivity index (χ1n) is 18.5. The van der Waals surface area contributed by atoms with Crippen LogP contribution in [0.15, 0.2) is 36.5 Å². The number of ether oxygens (including phenoxy) is 2. The standard InChI is InChI=1S/C39H70O6/c1-4-5-6-7-8-9-10-11-12-16-19-22-25-29-36(41)30-27-32-38(42)44-34-37(33-40)45-39(43)31-26-23-20-17-14-13-15-18-21-24-28-35(2)3/h11-12,19,22,25,29,35-37,40-41H,4-10,13-18,20-21,23-24,26-28,30-34H2,1-3H3/b12-11+,22-19+,29-25+/t36?,37-/m0/s1. The van der Waals surface area contributed by atoms with Crippen molar-refractivity contribution >= 4 is 11.9 Å². The Morgan fingerprint density at radius 2 is 1.27 bits per heavy atom. The van der Waals surface area contributed by atoms with Gasteiger partial charge in [0, 0.05) is 12.8 Å². The van der Waals surface area contributed by atoms with Crippen LogP contribution in [0.2, 0.25) is 0 Å². The molecule has 0 radical (unpaired) electrons. The van der Waals surface area contributed by atoms with Crippen LogP contribution in [0.4, 0.5) is 0 Å². The number of unbranched alkanes of at least 4 members (excludes halogenated alkanes) is 15. The molecule has 6 nitrogen and oxygen atoms in total. The van der Waals surface area contributed by atoms with Crippen LogP contribution in [-0.4, -0.2) is 47.6 Å². The monoisotopic (exact) mass is 635 g/mol. The summed E-state index contributed by atoms with van der Waals surface area (Å²) in [6.07, 6.45) is 35.2. The average molecular weight is 635 g/mol. The summed E-state index contributed by atoms with van der Waals surface area (Å²) in [5.41, 5.74) is 0. The quantitative estimate of drug-likeness (QED) is 0.0331. The molecule has 262 valence electrons. The van der Waals surface area contributed by atoms with Crippen LogP contribution >= 0.6 is 0 Å². The zero-order chi connectivity index (χ0) is 33.2. The molecule has 0 aromatic carbocycles. The van der Waals surface area contributed by atoms with Gasteiger partial charge in [-0.2, -0.15) is 0 Å². The van der Waals surface area contributed by atoms with Gasteiger partial charge in [0.25, 0.3) is 0 Å². The van der Waals surface area contributed by atoms with Gasteiger partial charge in [-0.3, -0.25) is 9.59 Å². The van der Waals surface area contributed by atoms with Crippen LogP contribution < -0.4 is 0 Å². The van der Waals surface area contributed by atoms with Gasteiger partial charge in [-0.25, -0.2) is 0 Å². The molecule has 0 heterocycles. The Hall–Kier alpha value is -1.92. The predicted molar refractivity (Wildman–Crippen MR) is 188 cm³/mol. The molecule has 0 bridgehead atoms. The van der Waals surface area contributed by atoms with Crippen molar-refractivity contribution in [2.45, 2.75) is 181 Å². The number of allylic oxidation sites excluding steroid dienone is 5. The number of carbonyl (C=O) groups is 2. The fraction of sp³-hybridized carbons (Fsp3) is 0.795. The maximum absolute atomic E-state index is 12.1. The topological polar surface area (TPSA) is 93.1 Å². The van der Waals surface area contributed by atoms with Gasteiger partial charge in [0.1, 0.15) is 6.61 Å². The molecule has 0 spiro atoms. The minimum Gasteiger partial charge on any atom is -0.462 e. The molecule has 0 aromatic rings. The van der Waals surface area contributed by atoms with Crippen molar-refractivity contribution in [3.05, 3.63) is 36.5 Å². The third-order valence-electron chi connectivity index (χ3n) is 7.97. The Balaban J connectivity index is 3.77. The molecular weight excluding hydrogens is 564 g/mol. The highest BCUT2D eigenvalue weighted by Gasteiger charge is 2.16. The summed E-state index contributed by atoms with van der Waals surface area (Å²) in [5.74, 6) is 0.0260. The van der Waals surface area contributed by atoms with Crippen LogP contribution in [0.5, 0.6) is 0 Å². The third-order valence-corrected chi connectivity index (χ3v) is 7.97. The highest BCUT2D eigenvalue weighted by molar-refractivity contribution is 5.70. The van der Waals surface area contributed by atoms with Gasteiger partial charge in [-0.15, -0.1) is 0 Å². The van der Waals surface area contributed by atoms with Gasteiger partial charge in [0.15, 0.2) is 6.10 Å². The Morgan fingerprint density at radius 1 is 0.667 bits per heavy atom. The van der Waals surface area contributed by atoms with E-state index in [-0.39, 0.29) is 25.6 Å². The van der Waals surface area contributed by atoms with Crippen molar-refractivity contribution in [2.24, 2.45) is 5.92 Å². The number of aliphatic hydroxyl groups excluding tert-OH is 2. The number of rotatable bonds is 32. The van der Waals surface area contributed by atoms with Gasteiger partial charge in [0.05, 0.1) is 12.7 Å². The lowest BCUT2D eigenvalue weighted by Gasteiger charge is -2.16. The molecule has 45 heavy (non-hydrogen) atoms. The van der Waals surface area contributed by atoms with Crippen molar-refractivity contribution in [3.63, 3.8) is 0 Å². The molecule has 0 saturated heterocycles. The maximum Gasteiger partial charge on any atom is 0.306 e. The van der Waals surface area contributed by atoms with E-state index in [4.69, 9.17) is 9.47 Å². The van der Waals surface area contributed by atoms with Crippen molar-refractivity contribution in [2.75, 3.05) is 13.2 Å². The number of esters is 2. The minimum atomic E-state index is -0.840. The first-order valence-corrected chi connectivity index (χ1v) is 18.5. The largest absolute Gasteiger partial charge is 0.462 e. The highest BCUT2D eigenvalue weighted by atomic mass is 16.6. The second kappa shape index (κ2) is 33.4. The number of carbonyl (C=O) groups excluding carboxylic acids is 2. The Kier molecular flexibility index (Phi) is 32.0. The van der Waals surface area contributed by atoms with E-state index < -0.39 is 18.2 Å². The van der Waals surface area contributed by atoms with Crippen molar-refractivity contribution in [3.8, 4) is 0 Å². The molecule has 2 N–H and O–H groups in total. The molecule has 0 aliphatic rings. The van der Waals surface area contributed by atoms with E-state index in [0.717, 1.165) is 38.0 Å². The summed E-state index contributed by atoms with van der Waals surface area (Å²) in [6.45, 7) is 6.27. The molecule has 0 aliphatic heterocycles. The number of hydrogen-bond acceptors (Lipinski definition) is 6. The molecule has 6 heteroatoms. The smallest absolute Gasteiger partial charge is 0.306 e. The third kappa shape index (κ3) is 33.3. The zero-order valence-electron chi connectivity index (χ0n) is 29.4. The van der Waals surface area contributed by atoms with E-state index in [1.807, 2.05) is 12.2 Å². The normalized spacial score (nSPS) is 13.4. The molecule has 0 saturated carbocycles. The molecule has 0 rings (SSSR count). The molecule has 0 amide bonds. The number of aliphatic hydroxyl groups is 2. The lowest BCUT2D eigenvalue weighted by atomic mass is 10.0. The predicted octanol–water partition coefficient (Wildman–Crippen LogP) is 10.1. The van der Waals surface area contributed by atoms with E-state index >= 15 is 0 Å². The SMILES string of the molecule is CCCCCCCC/C=C/C/C=C/C=C/C(O)CCCC(=O)OC[C@H](CO)OC(=O)CCCCCCCCCCCCC(C)C. The van der Waals surface area contributed by atoms with Gasteiger partial charge in [-0.05, 0) is 44.4 Å². The lowest BCUT2D eigenvalue weighted by Crippen LogP contribution is -2.28. The van der Waals surface area contributed by atoms with Crippen molar-refractivity contribution < 1.29 is 29.3 Å². The first-order chi connectivity index (χ1) is 21.9. The number of hydrogen-bond donors (Lipinski definition) is 2. The molecular formula is C39H70O6. The zero-order valence-corrected chi connectivity index (χ0v) is 29.4. The minimum absolute atomic E-state index is 0.154. The molecule has 0 fully saturated rings. The average Bonchev–Trinajstić information content (AvgIpc) is 3.01. The lowest BCUT2D eigenvalue weighted by molar-refractivity contribution is -0.161. The van der Waals surface area contributed by atoms with Crippen LogP contribution in [0.25, 0.3) is 0 Å². The summed E-state index contributed by atoms with van der Waals surface area (Å²) in [5, 5.41) is 19.6. The molecule has 0 aliphatic carbocycles. The summed E-state index contributed by atoms with van der Waals surface area (Å²) in [6, 6.07) is 0. The molecule has 1 unspecified atom stereocenters. The Morgan fingerprint density at radius 3 is 1.91 bits per heavy atom. The van der Waals surface area contributed by atoms with Crippen molar-refractivity contribution in [1.29, 1.82) is 0 Å². The van der Waals surface area contributed by atoms with E-state index in [0.29, 0.717) is 19.3 Å². The van der Waals surface area contributed by atoms with Gasteiger partial charge >= 0.3 is 11.9 Å².